The molecule has 0 saturated heterocycles. The smallest absolute Gasteiger partial charge is 0.252 e. The number of aromatic nitrogens is 1. The average Bonchev–Trinajstić information content (AvgIpc) is 2.99. The second-order valence-electron chi connectivity index (χ2n) is 5.51. The Balaban J connectivity index is 1.54. The van der Waals surface area contributed by atoms with E-state index in [2.05, 4.69) is 10.3 Å². The molecule has 2 aliphatic rings. The van der Waals surface area contributed by atoms with Crippen molar-refractivity contribution in [3.05, 3.63) is 29.0 Å². The van der Waals surface area contributed by atoms with E-state index in [9.17, 15) is 4.79 Å². The first kappa shape index (κ1) is 12.0. The maximum Gasteiger partial charge on any atom is 0.252 e. The van der Waals surface area contributed by atoms with Crippen molar-refractivity contribution in [2.24, 2.45) is 17.8 Å². The lowest BCUT2D eigenvalue weighted by Gasteiger charge is -2.21. The van der Waals surface area contributed by atoms with Gasteiger partial charge in [0.1, 0.15) is 5.15 Å². The molecule has 2 aliphatic carbocycles. The van der Waals surface area contributed by atoms with Gasteiger partial charge in [-0.2, -0.15) is 0 Å². The van der Waals surface area contributed by atoms with Gasteiger partial charge in [0.2, 0.25) is 0 Å². The molecule has 1 heterocycles. The van der Waals surface area contributed by atoms with Crippen molar-refractivity contribution >= 4 is 17.5 Å². The van der Waals surface area contributed by atoms with Gasteiger partial charge in [0, 0.05) is 12.7 Å². The first-order valence-corrected chi connectivity index (χ1v) is 7.00. The molecule has 18 heavy (non-hydrogen) atoms. The Kier molecular flexibility index (Phi) is 3.25. The van der Waals surface area contributed by atoms with E-state index < -0.39 is 0 Å². The molecule has 1 amide bonds. The van der Waals surface area contributed by atoms with Crippen molar-refractivity contribution in [1.29, 1.82) is 0 Å². The summed E-state index contributed by atoms with van der Waals surface area (Å²) in [6.45, 7) is 0.808. The third kappa shape index (κ3) is 2.37. The summed E-state index contributed by atoms with van der Waals surface area (Å²) in [6, 6.07) is 3.36. The van der Waals surface area contributed by atoms with E-state index in [1.807, 2.05) is 0 Å². The van der Waals surface area contributed by atoms with E-state index in [0.29, 0.717) is 16.6 Å². The second-order valence-corrected chi connectivity index (χ2v) is 5.90. The van der Waals surface area contributed by atoms with E-state index in [4.69, 9.17) is 11.6 Å². The fraction of sp³-hybridized carbons (Fsp3) is 0.571. The van der Waals surface area contributed by atoms with Crippen LogP contribution in [0.3, 0.4) is 0 Å². The molecular weight excluding hydrogens is 248 g/mol. The number of halogens is 1. The molecule has 2 saturated carbocycles. The van der Waals surface area contributed by atoms with Crippen LogP contribution in [0.1, 0.15) is 36.0 Å². The molecule has 3 atom stereocenters. The number of amides is 1. The van der Waals surface area contributed by atoms with Gasteiger partial charge in [-0.25, -0.2) is 4.98 Å². The van der Waals surface area contributed by atoms with Crippen LogP contribution in [0.15, 0.2) is 18.3 Å². The first-order chi connectivity index (χ1) is 8.72. The zero-order valence-electron chi connectivity index (χ0n) is 10.2. The molecule has 3 rings (SSSR count). The van der Waals surface area contributed by atoms with Gasteiger partial charge < -0.3 is 5.32 Å². The Hall–Kier alpha value is -1.09. The highest BCUT2D eigenvalue weighted by Crippen LogP contribution is 2.47. The lowest BCUT2D eigenvalue weighted by atomic mass is 9.89. The fourth-order valence-corrected chi connectivity index (χ4v) is 3.57. The monoisotopic (exact) mass is 264 g/mol. The van der Waals surface area contributed by atoms with Crippen LogP contribution in [0.4, 0.5) is 0 Å². The first-order valence-electron chi connectivity index (χ1n) is 6.62. The summed E-state index contributed by atoms with van der Waals surface area (Å²) in [5.41, 5.74) is 0.586. The molecule has 2 bridgehead atoms. The van der Waals surface area contributed by atoms with Gasteiger partial charge in [-0.05, 0) is 49.1 Å². The number of nitrogens with zero attached hydrogens (tertiary/aromatic N) is 1. The van der Waals surface area contributed by atoms with Gasteiger partial charge in [-0.3, -0.25) is 4.79 Å². The van der Waals surface area contributed by atoms with Gasteiger partial charge >= 0.3 is 0 Å². The SMILES string of the molecule is O=C(NCC1CC2CCC1C2)c1ccc(Cl)nc1. The summed E-state index contributed by atoms with van der Waals surface area (Å²) in [7, 11) is 0. The molecule has 0 aliphatic heterocycles. The quantitative estimate of drug-likeness (QED) is 0.853. The Bertz CT molecular complexity index is 446. The van der Waals surface area contributed by atoms with Crippen molar-refractivity contribution in [3.8, 4) is 0 Å². The van der Waals surface area contributed by atoms with Crippen LogP contribution >= 0.6 is 11.6 Å². The molecule has 96 valence electrons. The van der Waals surface area contributed by atoms with Crippen LogP contribution in [0.2, 0.25) is 5.15 Å². The van der Waals surface area contributed by atoms with Crippen molar-refractivity contribution < 1.29 is 4.79 Å². The number of pyridine rings is 1. The summed E-state index contributed by atoms with van der Waals surface area (Å²) >= 11 is 5.70. The number of rotatable bonds is 3. The molecule has 1 aromatic rings. The molecule has 0 aromatic carbocycles. The molecule has 4 heteroatoms. The van der Waals surface area contributed by atoms with Crippen LogP contribution in [0.25, 0.3) is 0 Å². The lowest BCUT2D eigenvalue weighted by molar-refractivity contribution is 0.0941. The summed E-state index contributed by atoms with van der Waals surface area (Å²) < 4.78 is 0. The van der Waals surface area contributed by atoms with Gasteiger partial charge in [-0.15, -0.1) is 0 Å². The minimum atomic E-state index is -0.0399. The molecule has 0 radical (unpaired) electrons. The molecule has 1 N–H and O–H groups in total. The molecule has 2 fully saturated rings. The zero-order chi connectivity index (χ0) is 12.5. The van der Waals surface area contributed by atoms with E-state index in [1.165, 1.54) is 31.9 Å². The van der Waals surface area contributed by atoms with Gasteiger partial charge in [-0.1, -0.05) is 18.0 Å². The average molecular weight is 265 g/mol. The van der Waals surface area contributed by atoms with E-state index in [-0.39, 0.29) is 5.91 Å². The van der Waals surface area contributed by atoms with Gasteiger partial charge in [0.15, 0.2) is 0 Å². The summed E-state index contributed by atoms with van der Waals surface area (Å²) in [5.74, 6) is 2.42. The number of hydrogen-bond donors (Lipinski definition) is 1. The van der Waals surface area contributed by atoms with Crippen LogP contribution in [-0.4, -0.2) is 17.4 Å². The highest BCUT2D eigenvalue weighted by Gasteiger charge is 2.39. The van der Waals surface area contributed by atoms with Crippen molar-refractivity contribution in [3.63, 3.8) is 0 Å². The maximum absolute atomic E-state index is 11.9. The Labute approximate surface area is 112 Å². The van der Waals surface area contributed by atoms with E-state index in [1.54, 1.807) is 12.1 Å². The van der Waals surface area contributed by atoms with Crippen LogP contribution in [0.5, 0.6) is 0 Å². The third-order valence-electron chi connectivity index (χ3n) is 4.40. The number of carbonyl (C=O) groups excluding carboxylic acids is 1. The van der Waals surface area contributed by atoms with Crippen LogP contribution in [0, 0.1) is 17.8 Å². The molecule has 3 nitrogen and oxygen atoms in total. The zero-order valence-corrected chi connectivity index (χ0v) is 11.0. The summed E-state index contributed by atoms with van der Waals surface area (Å²) in [6.07, 6.45) is 6.95. The van der Waals surface area contributed by atoms with Gasteiger partial charge in [0.05, 0.1) is 5.56 Å². The lowest BCUT2D eigenvalue weighted by Crippen LogP contribution is -2.31. The van der Waals surface area contributed by atoms with E-state index in [0.717, 1.165) is 18.4 Å². The predicted octanol–water partition coefficient (Wildman–Crippen LogP) is 2.90. The van der Waals surface area contributed by atoms with Crippen molar-refractivity contribution in [1.82, 2.24) is 10.3 Å². The number of nitrogens with one attached hydrogen (secondary N) is 1. The van der Waals surface area contributed by atoms with E-state index >= 15 is 0 Å². The fourth-order valence-electron chi connectivity index (χ4n) is 3.46. The number of fused-ring (bicyclic) bond motifs is 2. The Morgan fingerprint density at radius 2 is 2.28 bits per heavy atom. The number of hydrogen-bond acceptors (Lipinski definition) is 2. The van der Waals surface area contributed by atoms with Crippen molar-refractivity contribution in [2.75, 3.05) is 6.54 Å². The minimum Gasteiger partial charge on any atom is -0.352 e. The topological polar surface area (TPSA) is 42.0 Å². The largest absolute Gasteiger partial charge is 0.352 e. The minimum absolute atomic E-state index is 0.0399. The molecule has 0 spiro atoms. The third-order valence-corrected chi connectivity index (χ3v) is 4.62. The highest BCUT2D eigenvalue weighted by atomic mass is 35.5. The standard InChI is InChI=1S/C14H17ClN2O/c15-13-4-3-11(7-16-13)14(18)17-8-12-6-9-1-2-10(12)5-9/h3-4,7,9-10,12H,1-2,5-6,8H2,(H,17,18). The molecular formula is C14H17ClN2O. The molecule has 1 aromatic heterocycles. The van der Waals surface area contributed by atoms with Crippen LogP contribution in [-0.2, 0) is 0 Å². The van der Waals surface area contributed by atoms with Crippen molar-refractivity contribution in [2.45, 2.75) is 25.7 Å². The summed E-state index contributed by atoms with van der Waals surface area (Å²) in [5, 5.41) is 3.44. The highest BCUT2D eigenvalue weighted by molar-refractivity contribution is 6.29. The summed E-state index contributed by atoms with van der Waals surface area (Å²) in [4.78, 5) is 15.8. The normalized spacial score (nSPS) is 29.5. The predicted molar refractivity (Wildman–Crippen MR) is 70.5 cm³/mol. The van der Waals surface area contributed by atoms with Gasteiger partial charge in [0.25, 0.3) is 5.91 Å². The maximum atomic E-state index is 11.9. The number of carbonyl (C=O) groups is 1. The van der Waals surface area contributed by atoms with Crippen LogP contribution < -0.4 is 5.32 Å². The Morgan fingerprint density at radius 3 is 2.89 bits per heavy atom. The second kappa shape index (κ2) is 4.88. The Morgan fingerprint density at radius 1 is 1.39 bits per heavy atom. The molecule has 3 unspecified atom stereocenters.